The van der Waals surface area contributed by atoms with E-state index in [9.17, 15) is 0 Å². The maximum absolute atomic E-state index is 2.45. The van der Waals surface area contributed by atoms with Crippen molar-refractivity contribution < 1.29 is 0 Å². The second-order valence-corrected chi connectivity index (χ2v) is 16.8. The Kier molecular flexibility index (Phi) is 9.89. The summed E-state index contributed by atoms with van der Waals surface area (Å²) in [6.07, 6.45) is 0. The fourth-order valence-electron chi connectivity index (χ4n) is 10.1. The number of hydrogen-bond acceptors (Lipinski definition) is 1. The molecule has 0 saturated heterocycles. The molecule has 0 unspecified atom stereocenters. The summed E-state index contributed by atoms with van der Waals surface area (Å²) in [4.78, 5) is 2.45. The van der Waals surface area contributed by atoms with Crippen molar-refractivity contribution in [3.63, 3.8) is 0 Å². The molecule has 11 aromatic carbocycles. The van der Waals surface area contributed by atoms with Gasteiger partial charge in [-0.3, -0.25) is 0 Å². The molecule has 0 radical (unpaired) electrons. The van der Waals surface area contributed by atoms with E-state index < -0.39 is 0 Å². The first-order valence-corrected chi connectivity index (χ1v) is 22.7. The van der Waals surface area contributed by atoms with Crippen molar-refractivity contribution in [2.24, 2.45) is 0 Å². The number of rotatable bonds is 9. The summed E-state index contributed by atoms with van der Waals surface area (Å²) in [6.45, 7) is 0. The molecule has 0 atom stereocenters. The number of hydrogen-bond donors (Lipinski definition) is 0. The minimum Gasteiger partial charge on any atom is -0.310 e. The monoisotopic (exact) mass is 840 g/mol. The molecule has 2 nitrogen and oxygen atoms in total. The lowest BCUT2D eigenvalue weighted by Gasteiger charge is -2.29. The SMILES string of the molecule is c1ccc(-c2ccccc2-c2c(-c3ccccc3)cccc2-c2ccccc2N(c2ccc(-c3cccc4ccccc34)cc2)c2cccc(-n3c4ccccc4c4ccccc43)c2)cc1. The van der Waals surface area contributed by atoms with Gasteiger partial charge in [-0.05, 0) is 109 Å². The summed E-state index contributed by atoms with van der Waals surface area (Å²) < 4.78 is 2.41. The Morgan fingerprint density at radius 3 is 1.48 bits per heavy atom. The summed E-state index contributed by atoms with van der Waals surface area (Å²) in [5, 5.41) is 4.96. The first-order valence-electron chi connectivity index (χ1n) is 22.7. The number of para-hydroxylation sites is 3. The van der Waals surface area contributed by atoms with E-state index in [1.165, 1.54) is 77.1 Å². The van der Waals surface area contributed by atoms with Gasteiger partial charge < -0.3 is 9.47 Å². The zero-order chi connectivity index (χ0) is 43.8. The Hall–Kier alpha value is -8.72. The molecule has 0 saturated carbocycles. The van der Waals surface area contributed by atoms with E-state index in [0.717, 1.165) is 33.9 Å². The Labute approximate surface area is 385 Å². The van der Waals surface area contributed by atoms with Crippen LogP contribution in [0.4, 0.5) is 17.1 Å². The minimum atomic E-state index is 1.06. The first-order chi connectivity index (χ1) is 32.8. The number of nitrogens with zero attached hydrogens (tertiary/aromatic N) is 2. The summed E-state index contributed by atoms with van der Waals surface area (Å²) in [5.74, 6) is 0. The Morgan fingerprint density at radius 1 is 0.273 bits per heavy atom. The third-order valence-electron chi connectivity index (χ3n) is 13.0. The molecule has 0 aliphatic carbocycles. The van der Waals surface area contributed by atoms with Crippen LogP contribution in [0.25, 0.3) is 93.9 Å². The van der Waals surface area contributed by atoms with Gasteiger partial charge in [-0.15, -0.1) is 0 Å². The van der Waals surface area contributed by atoms with Gasteiger partial charge in [-0.2, -0.15) is 0 Å². The first kappa shape index (κ1) is 38.9. The molecule has 12 aromatic rings. The van der Waals surface area contributed by atoms with Crippen molar-refractivity contribution in [3.8, 4) is 61.3 Å². The largest absolute Gasteiger partial charge is 0.310 e. The van der Waals surface area contributed by atoms with Crippen molar-refractivity contribution in [2.45, 2.75) is 0 Å². The summed E-state index contributed by atoms with van der Waals surface area (Å²) in [6, 6.07) is 97.0. The van der Waals surface area contributed by atoms with Crippen molar-refractivity contribution in [1.82, 2.24) is 4.57 Å². The standard InChI is InChI=1S/C64H44N2/c1-3-20-45(21-4-1)54-29-9-10-33-59(54)64-55(47-22-5-2-6-23-47)35-19-36-60(64)58-32-13-14-37-61(58)65(49-42-40-48(41-43-49)53-34-17-25-46-24-7-8-28-52(46)53)50-26-18-27-51(44-50)66-62-38-15-11-30-56(62)57-31-12-16-39-63(57)66/h1-44H. The lowest BCUT2D eigenvalue weighted by atomic mass is 9.84. The topological polar surface area (TPSA) is 8.17 Å². The summed E-state index contributed by atoms with van der Waals surface area (Å²) in [5.41, 5.74) is 18.5. The molecule has 1 heterocycles. The van der Waals surface area contributed by atoms with E-state index in [-0.39, 0.29) is 0 Å². The molecule has 0 N–H and O–H groups in total. The van der Waals surface area contributed by atoms with Gasteiger partial charge in [0.2, 0.25) is 0 Å². The van der Waals surface area contributed by atoms with Crippen LogP contribution < -0.4 is 4.90 Å². The zero-order valence-electron chi connectivity index (χ0n) is 36.3. The van der Waals surface area contributed by atoms with Crippen LogP contribution in [-0.2, 0) is 0 Å². The number of aromatic nitrogens is 1. The highest BCUT2D eigenvalue weighted by molar-refractivity contribution is 6.09. The molecule has 310 valence electrons. The van der Waals surface area contributed by atoms with Gasteiger partial charge in [0.1, 0.15) is 0 Å². The van der Waals surface area contributed by atoms with Crippen LogP contribution >= 0.6 is 0 Å². The van der Waals surface area contributed by atoms with Crippen molar-refractivity contribution in [2.75, 3.05) is 4.90 Å². The second-order valence-electron chi connectivity index (χ2n) is 16.8. The molecule has 12 rings (SSSR count). The molecule has 66 heavy (non-hydrogen) atoms. The molecular weight excluding hydrogens is 797 g/mol. The van der Waals surface area contributed by atoms with Crippen molar-refractivity contribution in [3.05, 3.63) is 267 Å². The van der Waals surface area contributed by atoms with Gasteiger partial charge in [0.25, 0.3) is 0 Å². The molecule has 2 heteroatoms. The highest BCUT2D eigenvalue weighted by Gasteiger charge is 2.23. The smallest absolute Gasteiger partial charge is 0.0541 e. The van der Waals surface area contributed by atoms with Crippen LogP contribution in [0.1, 0.15) is 0 Å². The summed E-state index contributed by atoms with van der Waals surface area (Å²) in [7, 11) is 0. The predicted octanol–water partition coefficient (Wildman–Crippen LogP) is 17.7. The zero-order valence-corrected chi connectivity index (χ0v) is 36.3. The molecule has 0 bridgehead atoms. The average Bonchev–Trinajstić information content (AvgIpc) is 3.74. The van der Waals surface area contributed by atoms with Gasteiger partial charge in [-0.1, -0.05) is 218 Å². The van der Waals surface area contributed by atoms with E-state index in [1.807, 2.05) is 0 Å². The van der Waals surface area contributed by atoms with Crippen LogP contribution in [0.2, 0.25) is 0 Å². The third-order valence-corrected chi connectivity index (χ3v) is 13.0. The molecule has 0 fully saturated rings. The maximum atomic E-state index is 2.45. The van der Waals surface area contributed by atoms with Crippen LogP contribution in [0.3, 0.4) is 0 Å². The maximum Gasteiger partial charge on any atom is 0.0541 e. The quantitative estimate of drug-likeness (QED) is 0.141. The van der Waals surface area contributed by atoms with E-state index in [4.69, 9.17) is 0 Å². The lowest BCUT2D eigenvalue weighted by molar-refractivity contribution is 1.17. The number of benzene rings is 11. The number of fused-ring (bicyclic) bond motifs is 4. The molecular formula is C64H44N2. The molecule has 0 spiro atoms. The van der Waals surface area contributed by atoms with E-state index >= 15 is 0 Å². The van der Waals surface area contributed by atoms with Crippen LogP contribution in [0, 0.1) is 0 Å². The summed E-state index contributed by atoms with van der Waals surface area (Å²) >= 11 is 0. The van der Waals surface area contributed by atoms with Crippen molar-refractivity contribution in [1.29, 1.82) is 0 Å². The van der Waals surface area contributed by atoms with Gasteiger partial charge in [0.05, 0.1) is 16.7 Å². The highest BCUT2D eigenvalue weighted by atomic mass is 15.1. The molecule has 0 aliphatic heterocycles. The van der Waals surface area contributed by atoms with Crippen LogP contribution in [-0.4, -0.2) is 4.57 Å². The van der Waals surface area contributed by atoms with Gasteiger partial charge >= 0.3 is 0 Å². The Balaban J connectivity index is 1.10. The molecule has 1 aromatic heterocycles. The van der Waals surface area contributed by atoms with E-state index in [0.29, 0.717) is 0 Å². The van der Waals surface area contributed by atoms with Crippen LogP contribution in [0.5, 0.6) is 0 Å². The Bertz CT molecular complexity index is 3640. The lowest BCUT2D eigenvalue weighted by Crippen LogP contribution is -2.12. The van der Waals surface area contributed by atoms with Crippen molar-refractivity contribution >= 4 is 49.6 Å². The normalized spacial score (nSPS) is 11.3. The second kappa shape index (κ2) is 16.8. The average molecular weight is 841 g/mol. The van der Waals surface area contributed by atoms with Gasteiger partial charge in [-0.25, -0.2) is 0 Å². The fourth-order valence-corrected chi connectivity index (χ4v) is 10.1. The van der Waals surface area contributed by atoms with Gasteiger partial charge in [0, 0.05) is 33.4 Å². The minimum absolute atomic E-state index is 1.06. The molecule has 0 aliphatic rings. The third kappa shape index (κ3) is 6.84. The molecule has 0 amide bonds. The number of anilines is 3. The van der Waals surface area contributed by atoms with Gasteiger partial charge in [0.15, 0.2) is 0 Å². The highest BCUT2D eigenvalue weighted by Crippen LogP contribution is 2.49. The Morgan fingerprint density at radius 2 is 0.758 bits per heavy atom. The fraction of sp³-hybridized carbons (Fsp3) is 0. The van der Waals surface area contributed by atoms with E-state index in [1.54, 1.807) is 0 Å². The van der Waals surface area contributed by atoms with E-state index in [2.05, 4.69) is 276 Å². The predicted molar refractivity (Wildman–Crippen MR) is 280 cm³/mol. The van der Waals surface area contributed by atoms with Crippen LogP contribution in [0.15, 0.2) is 267 Å².